The topological polar surface area (TPSA) is 30.7 Å². The molecule has 0 saturated carbocycles. The smallest absolute Gasteiger partial charge is 0.0978 e. The van der Waals surface area contributed by atoms with Crippen LogP contribution in [0.2, 0.25) is 0 Å². The van der Waals surface area contributed by atoms with Crippen molar-refractivity contribution in [3.63, 3.8) is 0 Å². The second-order valence-electron chi connectivity index (χ2n) is 22.0. The van der Waals surface area contributed by atoms with E-state index >= 15 is 0 Å². The maximum atomic E-state index is 5.42. The highest BCUT2D eigenvalue weighted by Gasteiger charge is 2.19. The van der Waals surface area contributed by atoms with Gasteiger partial charge in [0.15, 0.2) is 0 Å². The van der Waals surface area contributed by atoms with E-state index in [9.17, 15) is 0 Å². The first kappa shape index (κ1) is 49.5. The summed E-state index contributed by atoms with van der Waals surface area (Å²) in [7, 11) is 0. The molecule has 0 aliphatic rings. The second kappa shape index (κ2) is 20.9. The molecule has 0 aliphatic heterocycles. The summed E-state index contributed by atoms with van der Waals surface area (Å²) in [6.45, 7) is 0. The van der Waals surface area contributed by atoms with Crippen LogP contribution >= 0.6 is 0 Å². The molecule has 3 aromatic heterocycles. The molecule has 0 amide bonds. The lowest BCUT2D eigenvalue weighted by molar-refractivity contribution is 1.18. The largest absolute Gasteiger partial charge is 0.309 e. The Hall–Kier alpha value is -11.3. The predicted octanol–water partition coefficient (Wildman–Crippen LogP) is 22.2. The lowest BCUT2D eigenvalue weighted by Gasteiger charge is -2.16. The minimum atomic E-state index is 0.904. The van der Waals surface area contributed by atoms with E-state index < -0.39 is 0 Å². The Morgan fingerprint density at radius 3 is 1.20 bits per heavy atom. The van der Waals surface area contributed by atoms with Crippen molar-refractivity contribution in [2.24, 2.45) is 0 Å². The molecular weight excluding hydrogens is 1030 g/mol. The molecule has 3 heteroatoms. The van der Waals surface area contributed by atoms with E-state index in [-0.39, 0.29) is 0 Å². The Kier molecular flexibility index (Phi) is 12.2. The quantitative estimate of drug-likeness (QED) is 0.149. The van der Waals surface area contributed by atoms with Crippen LogP contribution in [0.5, 0.6) is 0 Å². The lowest BCUT2D eigenvalue weighted by atomic mass is 9.92. The Morgan fingerprint density at radius 2 is 0.612 bits per heavy atom. The van der Waals surface area contributed by atoms with Crippen molar-refractivity contribution in [3.8, 4) is 72.7 Å². The third-order valence-electron chi connectivity index (χ3n) is 17.0. The molecule has 0 bridgehead atoms. The van der Waals surface area contributed by atoms with Crippen molar-refractivity contribution in [3.05, 3.63) is 322 Å². The zero-order chi connectivity index (χ0) is 56.2. The zero-order valence-electron chi connectivity index (χ0n) is 46.4. The summed E-state index contributed by atoms with van der Waals surface area (Å²) in [5.41, 5.74) is 19.1. The maximum absolute atomic E-state index is 5.42. The first-order valence-electron chi connectivity index (χ1n) is 29.1. The van der Waals surface area contributed by atoms with Gasteiger partial charge in [0.1, 0.15) is 0 Å². The van der Waals surface area contributed by atoms with E-state index in [4.69, 9.17) is 9.97 Å². The average Bonchev–Trinajstić information content (AvgIpc) is 3.31. The zero-order valence-corrected chi connectivity index (χ0v) is 46.4. The molecule has 14 aromatic carbocycles. The van der Waals surface area contributed by atoms with E-state index in [1.54, 1.807) is 0 Å². The van der Waals surface area contributed by atoms with Crippen LogP contribution in [0.15, 0.2) is 322 Å². The van der Waals surface area contributed by atoms with Gasteiger partial charge >= 0.3 is 0 Å². The number of hydrogen-bond donors (Lipinski definition) is 0. The fourth-order valence-electron chi connectivity index (χ4n) is 12.8. The van der Waals surface area contributed by atoms with Crippen molar-refractivity contribution in [2.75, 3.05) is 0 Å². The van der Waals surface area contributed by atoms with Crippen molar-refractivity contribution in [1.82, 2.24) is 14.5 Å². The molecule has 17 rings (SSSR count). The van der Waals surface area contributed by atoms with Crippen molar-refractivity contribution >= 4 is 86.7 Å². The van der Waals surface area contributed by atoms with Gasteiger partial charge in [0.2, 0.25) is 0 Å². The first-order chi connectivity index (χ1) is 42.1. The minimum absolute atomic E-state index is 0.904. The van der Waals surface area contributed by atoms with E-state index in [1.165, 1.54) is 92.8 Å². The maximum Gasteiger partial charge on any atom is 0.0978 e. The van der Waals surface area contributed by atoms with Gasteiger partial charge in [-0.1, -0.05) is 261 Å². The summed E-state index contributed by atoms with van der Waals surface area (Å²) < 4.78 is 2.36. The Labute approximate surface area is 492 Å². The molecule has 3 heterocycles. The summed E-state index contributed by atoms with van der Waals surface area (Å²) in [6, 6.07) is 115. The van der Waals surface area contributed by atoms with Crippen molar-refractivity contribution in [2.45, 2.75) is 0 Å². The Morgan fingerprint density at radius 1 is 0.200 bits per heavy atom. The molecule has 0 N–H and O–H groups in total. The summed E-state index contributed by atoms with van der Waals surface area (Å²) >= 11 is 0. The van der Waals surface area contributed by atoms with Crippen LogP contribution in [-0.2, 0) is 0 Å². The molecule has 0 fully saturated rings. The molecule has 3 nitrogen and oxygen atoms in total. The third kappa shape index (κ3) is 8.94. The molecule has 85 heavy (non-hydrogen) atoms. The van der Waals surface area contributed by atoms with E-state index in [1.807, 2.05) is 0 Å². The van der Waals surface area contributed by atoms with Gasteiger partial charge in [-0.25, -0.2) is 9.97 Å². The van der Waals surface area contributed by atoms with Gasteiger partial charge in [-0.05, 0) is 148 Å². The number of benzene rings is 14. The summed E-state index contributed by atoms with van der Waals surface area (Å²) in [6.07, 6.45) is 0. The molecule has 0 aliphatic carbocycles. The van der Waals surface area contributed by atoms with Gasteiger partial charge < -0.3 is 4.57 Å². The van der Waals surface area contributed by atoms with Crippen LogP contribution in [0.1, 0.15) is 0 Å². The van der Waals surface area contributed by atoms with Gasteiger partial charge in [-0.15, -0.1) is 0 Å². The molecule has 0 spiro atoms. The van der Waals surface area contributed by atoms with Gasteiger partial charge in [-0.2, -0.15) is 0 Å². The van der Waals surface area contributed by atoms with Crippen LogP contribution in [0.3, 0.4) is 0 Å². The van der Waals surface area contributed by atoms with Gasteiger partial charge in [-0.3, -0.25) is 0 Å². The molecule has 0 saturated heterocycles. The van der Waals surface area contributed by atoms with E-state index in [0.29, 0.717) is 0 Å². The molecule has 0 radical (unpaired) electrons. The van der Waals surface area contributed by atoms with Gasteiger partial charge in [0, 0.05) is 38.4 Å². The predicted molar refractivity (Wildman–Crippen MR) is 360 cm³/mol. The van der Waals surface area contributed by atoms with Crippen LogP contribution < -0.4 is 0 Å². The molecule has 0 unspecified atom stereocenters. The normalized spacial score (nSPS) is 11.5. The number of aromatic nitrogens is 3. The van der Waals surface area contributed by atoms with Crippen molar-refractivity contribution in [1.29, 1.82) is 0 Å². The monoisotopic (exact) mass is 1080 g/mol. The number of hydrogen-bond acceptors (Lipinski definition) is 2. The number of nitrogens with zero attached hydrogens (tertiary/aromatic N) is 3. The van der Waals surface area contributed by atoms with Crippen LogP contribution in [0.4, 0.5) is 0 Å². The summed E-state index contributed by atoms with van der Waals surface area (Å²) in [4.78, 5) is 10.8. The van der Waals surface area contributed by atoms with Crippen LogP contribution in [-0.4, -0.2) is 14.5 Å². The Bertz CT molecular complexity index is 5210. The average molecular weight is 1080 g/mol. The molecule has 0 atom stereocenters. The molecule has 17 aromatic rings. The SMILES string of the molecule is c1ccc(-c2cc(-c3ccc4ccccc4c3)nc3c2ccc2c(-c4ccccc4)cc(-c4ccc5ccccc5c4)nc23)cc1.c1ccc(-n2c3ccccc3c3cc(-c4ccc(-c5cc6ccccc6c6ccccc56)cc4)ccc32)cc1. The summed E-state index contributed by atoms with van der Waals surface area (Å²) in [5, 5.41) is 14.7. The van der Waals surface area contributed by atoms with E-state index in [2.05, 4.69) is 326 Å². The van der Waals surface area contributed by atoms with Crippen molar-refractivity contribution < 1.29 is 0 Å². The number of pyridine rings is 2. The number of rotatable bonds is 7. The number of para-hydroxylation sites is 2. The van der Waals surface area contributed by atoms with E-state index in [0.717, 1.165) is 66.6 Å². The Balaban J connectivity index is 0.000000140. The highest BCUT2D eigenvalue weighted by atomic mass is 15.0. The standard InChI is InChI=1S/C44H28N2.C38H25N/c1-3-13-31(14-4-1)39-27-41(35-21-19-29-11-7-9-17-33(29)25-35)45-43-37(39)23-24-38-40(32-15-5-2-6-16-32)28-42(46-44(38)43)36-22-20-30-12-8-10-18-34(30)26-36;1-2-11-30(12-3-1)39-37-17-9-8-16-34(37)36-24-28(22-23-38(36)39)26-18-20-27(21-19-26)35-25-29-10-4-5-13-31(29)32-14-6-7-15-33(32)35/h1-28H;1-25H. The van der Waals surface area contributed by atoms with Crippen LogP contribution in [0.25, 0.3) is 159 Å². The number of fused-ring (bicyclic) bond motifs is 11. The fraction of sp³-hybridized carbons (Fsp3) is 0. The lowest BCUT2D eigenvalue weighted by Crippen LogP contribution is -1.95. The molecular formula is C82H53N3. The third-order valence-corrected chi connectivity index (χ3v) is 17.0. The highest BCUT2D eigenvalue weighted by molar-refractivity contribution is 6.16. The summed E-state index contributed by atoms with van der Waals surface area (Å²) in [5.74, 6) is 0. The minimum Gasteiger partial charge on any atom is -0.309 e. The first-order valence-corrected chi connectivity index (χ1v) is 29.1. The fourth-order valence-corrected chi connectivity index (χ4v) is 12.8. The van der Waals surface area contributed by atoms with Gasteiger partial charge in [0.05, 0.1) is 33.5 Å². The second-order valence-corrected chi connectivity index (χ2v) is 22.0. The van der Waals surface area contributed by atoms with Gasteiger partial charge in [0.25, 0.3) is 0 Å². The highest BCUT2D eigenvalue weighted by Crippen LogP contribution is 2.42. The van der Waals surface area contributed by atoms with Crippen LogP contribution in [0, 0.1) is 0 Å². The molecule has 396 valence electrons.